The Morgan fingerprint density at radius 3 is 2.50 bits per heavy atom. The smallest absolute Gasteiger partial charge is 0.133 e. The Labute approximate surface area is 166 Å². The van der Waals surface area contributed by atoms with Crippen molar-refractivity contribution in [3.8, 4) is 0 Å². The van der Waals surface area contributed by atoms with Gasteiger partial charge in [0, 0.05) is 69.1 Å². The minimum absolute atomic E-state index is 0.328. The van der Waals surface area contributed by atoms with Crippen LogP contribution >= 0.6 is 0 Å². The number of anilines is 2. The zero-order valence-corrected chi connectivity index (χ0v) is 16.3. The number of nitrogens with one attached hydrogen (secondary N) is 1. The summed E-state index contributed by atoms with van der Waals surface area (Å²) < 4.78 is 1.96. The van der Waals surface area contributed by atoms with E-state index in [-0.39, 0.29) is 0 Å². The number of piperazine rings is 1. The molecule has 7 nitrogen and oxygen atoms in total. The molecule has 0 radical (unpaired) electrons. The monoisotopic (exact) mass is 377 g/mol. The van der Waals surface area contributed by atoms with Crippen LogP contribution in [0.1, 0.15) is 12.5 Å². The van der Waals surface area contributed by atoms with Gasteiger partial charge in [0.15, 0.2) is 0 Å². The van der Waals surface area contributed by atoms with Crippen molar-refractivity contribution in [1.82, 2.24) is 25.1 Å². The number of hydrogen-bond donors (Lipinski definition) is 1. The zero-order chi connectivity index (χ0) is 19.2. The van der Waals surface area contributed by atoms with Crippen molar-refractivity contribution in [2.75, 3.05) is 36.0 Å². The molecule has 4 rings (SSSR count). The van der Waals surface area contributed by atoms with Crippen LogP contribution in [0.15, 0.2) is 61.2 Å². The van der Waals surface area contributed by atoms with E-state index in [0.717, 1.165) is 50.9 Å². The number of pyridine rings is 2. The van der Waals surface area contributed by atoms with Crippen molar-refractivity contribution in [2.24, 2.45) is 0 Å². The van der Waals surface area contributed by atoms with Gasteiger partial charge in [-0.15, -0.1) is 0 Å². The molecule has 1 aliphatic rings. The van der Waals surface area contributed by atoms with Gasteiger partial charge < -0.3 is 15.1 Å². The Bertz CT molecular complexity index is 842. The normalized spacial score (nSPS) is 15.6. The van der Waals surface area contributed by atoms with Crippen molar-refractivity contribution < 1.29 is 0 Å². The van der Waals surface area contributed by atoms with Gasteiger partial charge in [0.25, 0.3) is 0 Å². The first-order chi connectivity index (χ1) is 13.8. The highest BCUT2D eigenvalue weighted by Crippen LogP contribution is 2.21. The highest BCUT2D eigenvalue weighted by molar-refractivity contribution is 5.49. The van der Waals surface area contributed by atoms with Crippen molar-refractivity contribution >= 4 is 11.6 Å². The van der Waals surface area contributed by atoms with E-state index in [1.54, 1.807) is 0 Å². The minimum atomic E-state index is 0.328. The van der Waals surface area contributed by atoms with Gasteiger partial charge in [0.1, 0.15) is 11.6 Å². The second-order valence-corrected chi connectivity index (χ2v) is 7.16. The maximum absolute atomic E-state index is 4.69. The number of rotatable bonds is 7. The van der Waals surface area contributed by atoms with Gasteiger partial charge in [0.05, 0.1) is 6.54 Å². The molecule has 0 saturated carbocycles. The molecule has 1 saturated heterocycles. The molecule has 28 heavy (non-hydrogen) atoms. The molecule has 146 valence electrons. The van der Waals surface area contributed by atoms with E-state index in [0.29, 0.717) is 6.04 Å². The predicted molar refractivity (Wildman–Crippen MR) is 111 cm³/mol. The van der Waals surface area contributed by atoms with Crippen LogP contribution < -0.4 is 15.1 Å². The number of nitrogens with zero attached hydrogens (tertiary/aromatic N) is 6. The predicted octanol–water partition coefficient (Wildman–Crippen LogP) is 2.18. The lowest BCUT2D eigenvalue weighted by atomic mass is 10.2. The number of hydrogen-bond acceptors (Lipinski definition) is 6. The molecule has 1 unspecified atom stereocenters. The average molecular weight is 377 g/mol. The molecule has 0 aromatic carbocycles. The molecule has 1 N–H and O–H groups in total. The highest BCUT2D eigenvalue weighted by atomic mass is 15.3. The third kappa shape index (κ3) is 4.48. The number of aromatic nitrogens is 4. The maximum Gasteiger partial charge on any atom is 0.133 e. The molecular formula is C21H27N7. The molecule has 1 aliphatic heterocycles. The molecule has 3 aromatic rings. The van der Waals surface area contributed by atoms with Gasteiger partial charge >= 0.3 is 0 Å². The summed E-state index contributed by atoms with van der Waals surface area (Å²) in [7, 11) is 0. The first kappa shape index (κ1) is 18.4. The molecule has 0 amide bonds. The van der Waals surface area contributed by atoms with Gasteiger partial charge in [0.2, 0.25) is 0 Å². The van der Waals surface area contributed by atoms with E-state index in [1.807, 2.05) is 53.7 Å². The van der Waals surface area contributed by atoms with Crippen LogP contribution in [0.3, 0.4) is 0 Å². The van der Waals surface area contributed by atoms with E-state index in [1.165, 1.54) is 5.56 Å². The second kappa shape index (κ2) is 8.84. The Kier molecular flexibility index (Phi) is 5.82. The van der Waals surface area contributed by atoms with Crippen LogP contribution in [0.5, 0.6) is 0 Å². The lowest BCUT2D eigenvalue weighted by Crippen LogP contribution is -2.47. The second-order valence-electron chi connectivity index (χ2n) is 7.16. The quantitative estimate of drug-likeness (QED) is 0.681. The van der Waals surface area contributed by atoms with E-state index < -0.39 is 0 Å². The summed E-state index contributed by atoms with van der Waals surface area (Å²) >= 11 is 0. The molecular weight excluding hydrogens is 350 g/mol. The lowest BCUT2D eigenvalue weighted by Gasteiger charge is -2.36. The summed E-state index contributed by atoms with van der Waals surface area (Å²) in [4.78, 5) is 13.9. The van der Waals surface area contributed by atoms with Gasteiger partial charge in [-0.1, -0.05) is 12.1 Å². The Morgan fingerprint density at radius 1 is 0.929 bits per heavy atom. The fourth-order valence-corrected chi connectivity index (χ4v) is 3.58. The molecule has 3 aromatic heterocycles. The topological polar surface area (TPSA) is 62.1 Å². The summed E-state index contributed by atoms with van der Waals surface area (Å²) in [5.41, 5.74) is 1.24. The average Bonchev–Trinajstić information content (AvgIpc) is 3.26. The van der Waals surface area contributed by atoms with Gasteiger partial charge in [-0.05, 0) is 31.2 Å². The van der Waals surface area contributed by atoms with Gasteiger partial charge in [-0.3, -0.25) is 4.68 Å². The first-order valence-corrected chi connectivity index (χ1v) is 9.85. The SMILES string of the molecule is CC(Cn1cccn1)NCc1cccnc1N1CCN(c2ccccn2)CC1. The largest absolute Gasteiger partial charge is 0.353 e. The maximum atomic E-state index is 4.69. The molecule has 0 spiro atoms. The summed E-state index contributed by atoms with van der Waals surface area (Å²) in [5.74, 6) is 2.14. The van der Waals surface area contributed by atoms with E-state index in [9.17, 15) is 0 Å². The van der Waals surface area contributed by atoms with Crippen LogP contribution in [-0.4, -0.2) is 52.0 Å². The van der Waals surface area contributed by atoms with Crippen molar-refractivity contribution in [2.45, 2.75) is 26.1 Å². The summed E-state index contributed by atoms with van der Waals surface area (Å²) in [5, 5.41) is 7.88. The van der Waals surface area contributed by atoms with Crippen LogP contribution in [0.4, 0.5) is 11.6 Å². The first-order valence-electron chi connectivity index (χ1n) is 9.85. The Hall–Kier alpha value is -2.93. The third-order valence-electron chi connectivity index (χ3n) is 5.08. The highest BCUT2D eigenvalue weighted by Gasteiger charge is 2.21. The Balaban J connectivity index is 1.35. The lowest BCUT2D eigenvalue weighted by molar-refractivity contribution is 0.450. The summed E-state index contributed by atoms with van der Waals surface area (Å²) in [6.07, 6.45) is 7.55. The van der Waals surface area contributed by atoms with Crippen molar-refractivity contribution in [3.63, 3.8) is 0 Å². The standard InChI is InChI=1S/C21H27N7/c1-18(17-28-11-5-10-25-28)24-16-19-6-4-9-23-21(19)27-14-12-26(13-15-27)20-7-2-3-8-22-20/h2-11,18,24H,12-17H2,1H3. The summed E-state index contributed by atoms with van der Waals surface area (Å²) in [6, 6.07) is 12.5. The van der Waals surface area contributed by atoms with Crippen LogP contribution in [0.25, 0.3) is 0 Å². The third-order valence-corrected chi connectivity index (χ3v) is 5.08. The molecule has 4 heterocycles. The molecule has 0 aliphatic carbocycles. The molecule has 1 fully saturated rings. The van der Waals surface area contributed by atoms with Crippen molar-refractivity contribution in [1.29, 1.82) is 0 Å². The molecule has 1 atom stereocenters. The van der Waals surface area contributed by atoms with Gasteiger partial charge in [-0.25, -0.2) is 9.97 Å². The minimum Gasteiger partial charge on any atom is -0.353 e. The van der Waals surface area contributed by atoms with Crippen molar-refractivity contribution in [3.05, 3.63) is 66.7 Å². The fraction of sp³-hybridized carbons (Fsp3) is 0.381. The van der Waals surface area contributed by atoms with Crippen LogP contribution in [0.2, 0.25) is 0 Å². The Morgan fingerprint density at radius 2 is 1.75 bits per heavy atom. The molecule has 7 heteroatoms. The zero-order valence-electron chi connectivity index (χ0n) is 16.3. The van der Waals surface area contributed by atoms with Crippen LogP contribution in [-0.2, 0) is 13.1 Å². The van der Waals surface area contributed by atoms with Gasteiger partial charge in [-0.2, -0.15) is 5.10 Å². The van der Waals surface area contributed by atoms with E-state index >= 15 is 0 Å². The van der Waals surface area contributed by atoms with E-state index in [4.69, 9.17) is 0 Å². The molecule has 0 bridgehead atoms. The van der Waals surface area contributed by atoms with Crippen LogP contribution in [0, 0.1) is 0 Å². The fourth-order valence-electron chi connectivity index (χ4n) is 3.58. The van der Waals surface area contributed by atoms with E-state index in [2.05, 4.69) is 49.2 Å². The summed E-state index contributed by atoms with van der Waals surface area (Å²) in [6.45, 7) is 7.64.